The number of thioether (sulfide) groups is 1. The van der Waals surface area contributed by atoms with Crippen molar-refractivity contribution in [2.75, 3.05) is 26.0 Å². The average Bonchev–Trinajstić information content (AvgIpc) is 2.93. The van der Waals surface area contributed by atoms with Gasteiger partial charge in [0.1, 0.15) is 12.4 Å². The van der Waals surface area contributed by atoms with Gasteiger partial charge in [-0.05, 0) is 18.4 Å². The fourth-order valence-corrected chi connectivity index (χ4v) is 3.35. The van der Waals surface area contributed by atoms with Crippen LogP contribution >= 0.6 is 11.8 Å². The van der Waals surface area contributed by atoms with Crippen LogP contribution in [0.3, 0.4) is 0 Å². The van der Waals surface area contributed by atoms with Gasteiger partial charge in [-0.3, -0.25) is 4.79 Å². The van der Waals surface area contributed by atoms with Crippen LogP contribution in [-0.4, -0.2) is 63.5 Å². The first-order valence-corrected chi connectivity index (χ1v) is 9.04. The second-order valence-corrected chi connectivity index (χ2v) is 6.42. The summed E-state index contributed by atoms with van der Waals surface area (Å²) in [5, 5.41) is 9.30. The van der Waals surface area contributed by atoms with Gasteiger partial charge in [0.05, 0.1) is 30.0 Å². The van der Waals surface area contributed by atoms with E-state index in [1.807, 2.05) is 35.1 Å². The molecule has 2 aromatic rings. The van der Waals surface area contributed by atoms with Gasteiger partial charge in [-0.1, -0.05) is 12.1 Å². The molecule has 1 aliphatic heterocycles. The first-order chi connectivity index (χ1) is 11.6. The highest BCUT2D eigenvalue weighted by molar-refractivity contribution is 7.97. The Bertz CT molecular complexity index is 761. The number of aliphatic carboxylic acids is 1. The van der Waals surface area contributed by atoms with Crippen molar-refractivity contribution in [1.82, 2.24) is 14.5 Å². The summed E-state index contributed by atoms with van der Waals surface area (Å²) in [7, 11) is 0. The maximum Gasteiger partial charge on any atom is 0.328 e. The van der Waals surface area contributed by atoms with E-state index in [1.54, 1.807) is 11.8 Å². The van der Waals surface area contributed by atoms with E-state index >= 15 is 0 Å². The first kappa shape index (κ1) is 16.8. The van der Waals surface area contributed by atoms with Gasteiger partial charge in [0.25, 0.3) is 0 Å². The number of carboxylic acid groups (broad SMARTS) is 1. The number of carboxylic acids is 1. The second kappa shape index (κ2) is 7.23. The summed E-state index contributed by atoms with van der Waals surface area (Å²) in [4.78, 5) is 30.1. The molecule has 1 unspecified atom stereocenters. The number of carbonyl (C=O) groups is 2. The van der Waals surface area contributed by atoms with Gasteiger partial charge in [-0.2, -0.15) is 11.8 Å². The number of fused-ring (bicyclic) bond motifs is 1. The van der Waals surface area contributed by atoms with Gasteiger partial charge in [-0.15, -0.1) is 0 Å². The van der Waals surface area contributed by atoms with Crippen LogP contribution < -0.4 is 0 Å². The second-order valence-electron chi connectivity index (χ2n) is 5.55. The van der Waals surface area contributed by atoms with E-state index in [9.17, 15) is 14.7 Å². The van der Waals surface area contributed by atoms with Gasteiger partial charge >= 0.3 is 5.97 Å². The Morgan fingerprint density at radius 2 is 2.21 bits per heavy atom. The van der Waals surface area contributed by atoms with Crippen molar-refractivity contribution < 1.29 is 19.4 Å². The Morgan fingerprint density at radius 3 is 2.96 bits per heavy atom. The highest BCUT2D eigenvalue weighted by Gasteiger charge is 2.33. The molecule has 1 atom stereocenters. The van der Waals surface area contributed by atoms with Crippen molar-refractivity contribution in [2.45, 2.75) is 18.3 Å². The minimum Gasteiger partial charge on any atom is -0.480 e. The maximum atomic E-state index is 12.7. The van der Waals surface area contributed by atoms with Crippen LogP contribution in [0.2, 0.25) is 0 Å². The minimum atomic E-state index is -1.04. The van der Waals surface area contributed by atoms with Crippen LogP contribution in [0, 0.1) is 0 Å². The molecule has 1 amide bonds. The quantitative estimate of drug-likeness (QED) is 0.873. The van der Waals surface area contributed by atoms with Gasteiger partial charge in [0, 0.05) is 6.54 Å². The predicted octanol–water partition coefficient (Wildman–Crippen LogP) is 1.21. The number of benzene rings is 1. The third-order valence-corrected chi connectivity index (χ3v) is 4.58. The van der Waals surface area contributed by atoms with Crippen LogP contribution in [0.5, 0.6) is 0 Å². The van der Waals surface area contributed by atoms with Crippen molar-refractivity contribution in [3.05, 3.63) is 30.1 Å². The van der Waals surface area contributed by atoms with Gasteiger partial charge < -0.3 is 19.3 Å². The van der Waals surface area contributed by atoms with Crippen molar-refractivity contribution in [3.63, 3.8) is 0 Å². The molecule has 0 bridgehead atoms. The van der Waals surface area contributed by atoms with E-state index < -0.39 is 12.0 Å². The topological polar surface area (TPSA) is 84.7 Å². The largest absolute Gasteiger partial charge is 0.480 e. The number of para-hydroxylation sites is 2. The number of nitrogens with zero attached hydrogens (tertiary/aromatic N) is 3. The summed E-state index contributed by atoms with van der Waals surface area (Å²) in [5.74, 6) is 0.240. The Kier molecular flexibility index (Phi) is 5.06. The Morgan fingerprint density at radius 1 is 1.42 bits per heavy atom. The Balaban J connectivity index is 1.89. The maximum absolute atomic E-state index is 12.7. The number of hydrogen-bond donors (Lipinski definition) is 1. The van der Waals surface area contributed by atoms with E-state index in [-0.39, 0.29) is 19.1 Å². The summed E-state index contributed by atoms with van der Waals surface area (Å²) >= 11 is 1.63. The number of hydrogen-bond acceptors (Lipinski definition) is 5. The molecule has 2 heterocycles. The highest BCUT2D eigenvalue weighted by atomic mass is 32.2. The van der Waals surface area contributed by atoms with Gasteiger partial charge in [0.15, 0.2) is 6.04 Å². The van der Waals surface area contributed by atoms with Crippen LogP contribution in [0.25, 0.3) is 11.0 Å². The lowest BCUT2D eigenvalue weighted by atomic mass is 10.2. The SMILES string of the molecule is CSCc1nc2ccccc2n1CC(=O)N1CCOCC1C(=O)O. The molecule has 1 saturated heterocycles. The van der Waals surface area contributed by atoms with Crippen molar-refractivity contribution in [1.29, 1.82) is 0 Å². The molecular weight excluding hydrogens is 330 g/mol. The van der Waals surface area contributed by atoms with Crippen molar-refractivity contribution in [2.24, 2.45) is 0 Å². The smallest absolute Gasteiger partial charge is 0.328 e. The summed E-state index contributed by atoms with van der Waals surface area (Å²) in [6, 6.07) is 6.72. The third-order valence-electron chi connectivity index (χ3n) is 4.03. The molecule has 0 aliphatic carbocycles. The fraction of sp³-hybridized carbons (Fsp3) is 0.438. The zero-order chi connectivity index (χ0) is 17.1. The number of carbonyl (C=O) groups excluding carboxylic acids is 1. The van der Waals surface area contributed by atoms with E-state index in [1.165, 1.54) is 4.90 Å². The standard InChI is InChI=1S/C16H19N3O4S/c1-24-10-14-17-11-4-2-3-5-12(11)19(14)8-15(20)18-6-7-23-9-13(18)16(21)22/h2-5,13H,6-10H2,1H3,(H,21,22). The molecule has 3 rings (SSSR count). The Hall–Kier alpha value is -2.06. The molecule has 1 fully saturated rings. The lowest BCUT2D eigenvalue weighted by Crippen LogP contribution is -2.53. The molecule has 8 heteroatoms. The monoisotopic (exact) mass is 349 g/mol. The summed E-state index contributed by atoms with van der Waals surface area (Å²) in [5.41, 5.74) is 1.72. The average molecular weight is 349 g/mol. The summed E-state index contributed by atoms with van der Waals surface area (Å²) in [6.45, 7) is 0.766. The zero-order valence-electron chi connectivity index (χ0n) is 13.3. The predicted molar refractivity (Wildman–Crippen MR) is 90.9 cm³/mol. The van der Waals surface area contributed by atoms with Gasteiger partial charge in [-0.25, -0.2) is 9.78 Å². The van der Waals surface area contributed by atoms with Crippen LogP contribution in [0.1, 0.15) is 5.82 Å². The molecule has 1 aliphatic rings. The minimum absolute atomic E-state index is 0.0312. The number of morpholine rings is 1. The van der Waals surface area contributed by atoms with E-state index in [4.69, 9.17) is 4.74 Å². The molecule has 24 heavy (non-hydrogen) atoms. The molecule has 1 aromatic heterocycles. The van der Waals surface area contributed by atoms with Crippen LogP contribution in [0.15, 0.2) is 24.3 Å². The molecule has 0 saturated carbocycles. The molecule has 7 nitrogen and oxygen atoms in total. The van der Waals surface area contributed by atoms with Gasteiger partial charge in [0.2, 0.25) is 5.91 Å². The molecular formula is C16H19N3O4S. The molecule has 1 N–H and O–H groups in total. The number of rotatable bonds is 5. The van der Waals surface area contributed by atoms with E-state index in [2.05, 4.69) is 4.98 Å². The molecule has 1 aromatic carbocycles. The third kappa shape index (κ3) is 3.25. The highest BCUT2D eigenvalue weighted by Crippen LogP contribution is 2.20. The summed E-state index contributed by atoms with van der Waals surface area (Å²) in [6.07, 6.45) is 1.98. The van der Waals surface area contributed by atoms with Crippen LogP contribution in [0.4, 0.5) is 0 Å². The number of imidazole rings is 1. The van der Waals surface area contributed by atoms with E-state index in [0.717, 1.165) is 16.9 Å². The molecule has 0 radical (unpaired) electrons. The first-order valence-electron chi connectivity index (χ1n) is 7.65. The molecule has 128 valence electrons. The number of ether oxygens (including phenoxy) is 1. The van der Waals surface area contributed by atoms with Crippen molar-refractivity contribution in [3.8, 4) is 0 Å². The number of amides is 1. The fourth-order valence-electron chi connectivity index (χ4n) is 2.87. The lowest BCUT2D eigenvalue weighted by Gasteiger charge is -2.33. The summed E-state index contributed by atoms with van der Waals surface area (Å²) < 4.78 is 7.07. The molecule has 0 spiro atoms. The lowest BCUT2D eigenvalue weighted by molar-refractivity contribution is -0.158. The zero-order valence-corrected chi connectivity index (χ0v) is 14.2. The van der Waals surface area contributed by atoms with E-state index in [0.29, 0.717) is 18.9 Å². The normalized spacial score (nSPS) is 18.0. The Labute approximate surface area is 143 Å². The number of aromatic nitrogens is 2. The van der Waals surface area contributed by atoms with Crippen LogP contribution in [-0.2, 0) is 26.6 Å². The van der Waals surface area contributed by atoms with Crippen molar-refractivity contribution >= 4 is 34.7 Å².